The molecule has 0 radical (unpaired) electrons. The van der Waals surface area contributed by atoms with E-state index in [9.17, 15) is 4.79 Å². The van der Waals surface area contributed by atoms with E-state index in [-0.39, 0.29) is 6.79 Å². The van der Waals surface area contributed by atoms with Crippen molar-refractivity contribution in [2.24, 2.45) is 0 Å². The second-order valence-corrected chi connectivity index (χ2v) is 5.93. The number of hydrogen-bond donors (Lipinski definition) is 0. The summed E-state index contributed by atoms with van der Waals surface area (Å²) in [6, 6.07) is 13.3. The lowest BCUT2D eigenvalue weighted by atomic mass is 10.2. The predicted octanol–water partition coefficient (Wildman–Crippen LogP) is 3.91. The molecule has 0 aliphatic carbocycles. The Morgan fingerprint density at radius 3 is 2.70 bits per heavy atom. The van der Waals surface area contributed by atoms with Crippen LogP contribution in [-0.4, -0.2) is 24.4 Å². The summed E-state index contributed by atoms with van der Waals surface area (Å²) in [5.74, 6) is 0.930. The van der Waals surface area contributed by atoms with Crippen molar-refractivity contribution in [3.63, 3.8) is 0 Å². The summed E-state index contributed by atoms with van der Waals surface area (Å²) in [4.78, 5) is 12.2. The normalized spacial score (nSPS) is 12.6. The van der Waals surface area contributed by atoms with Crippen LogP contribution in [0.15, 0.2) is 46.9 Å². The SMILES string of the molecule is COC(=O)c1cc2ccccc2n1-c1cc2c(cc1Br)OCO2. The quantitative estimate of drug-likeness (QED) is 0.639. The van der Waals surface area contributed by atoms with Gasteiger partial charge in [0.15, 0.2) is 11.5 Å². The number of para-hydroxylation sites is 1. The lowest BCUT2D eigenvalue weighted by molar-refractivity contribution is 0.0592. The summed E-state index contributed by atoms with van der Waals surface area (Å²) >= 11 is 3.55. The Balaban J connectivity index is 2.03. The van der Waals surface area contributed by atoms with E-state index in [1.54, 1.807) is 0 Å². The molecule has 23 heavy (non-hydrogen) atoms. The van der Waals surface area contributed by atoms with Crippen LogP contribution in [-0.2, 0) is 4.74 Å². The second kappa shape index (κ2) is 5.31. The van der Waals surface area contributed by atoms with Crippen LogP contribution < -0.4 is 9.47 Å². The molecule has 0 fully saturated rings. The molecule has 0 spiro atoms. The summed E-state index contributed by atoms with van der Waals surface area (Å²) in [5, 5.41) is 0.956. The fourth-order valence-electron chi connectivity index (χ4n) is 2.75. The Hall–Kier alpha value is -2.47. The van der Waals surface area contributed by atoms with Gasteiger partial charge in [-0.3, -0.25) is 0 Å². The molecule has 0 atom stereocenters. The van der Waals surface area contributed by atoms with Gasteiger partial charge in [0.25, 0.3) is 0 Å². The summed E-state index contributed by atoms with van der Waals surface area (Å²) < 4.78 is 18.4. The van der Waals surface area contributed by atoms with E-state index < -0.39 is 5.97 Å². The minimum Gasteiger partial charge on any atom is -0.464 e. The van der Waals surface area contributed by atoms with Crippen molar-refractivity contribution in [1.29, 1.82) is 0 Å². The van der Waals surface area contributed by atoms with Crippen molar-refractivity contribution < 1.29 is 19.0 Å². The molecule has 4 rings (SSSR count). The van der Waals surface area contributed by atoms with Crippen LogP contribution in [0.1, 0.15) is 10.5 Å². The number of methoxy groups -OCH3 is 1. The number of carbonyl (C=O) groups excluding carboxylic acids is 1. The van der Waals surface area contributed by atoms with Gasteiger partial charge in [-0.2, -0.15) is 0 Å². The first-order valence-corrected chi connectivity index (χ1v) is 7.76. The summed E-state index contributed by atoms with van der Waals surface area (Å²) in [7, 11) is 1.37. The number of nitrogens with zero attached hydrogens (tertiary/aromatic N) is 1. The smallest absolute Gasteiger partial charge is 0.355 e. The van der Waals surface area contributed by atoms with E-state index in [2.05, 4.69) is 15.9 Å². The third kappa shape index (κ3) is 2.17. The highest BCUT2D eigenvalue weighted by molar-refractivity contribution is 9.10. The van der Waals surface area contributed by atoms with Crippen molar-refractivity contribution in [2.75, 3.05) is 13.9 Å². The first kappa shape index (κ1) is 14.1. The minimum atomic E-state index is -0.397. The highest BCUT2D eigenvalue weighted by Crippen LogP contribution is 2.40. The molecule has 1 aliphatic rings. The molecule has 1 aliphatic heterocycles. The largest absolute Gasteiger partial charge is 0.464 e. The van der Waals surface area contributed by atoms with E-state index in [0.29, 0.717) is 17.2 Å². The zero-order valence-electron chi connectivity index (χ0n) is 12.2. The first-order valence-electron chi connectivity index (χ1n) is 6.97. The molecule has 116 valence electrons. The molecule has 6 heteroatoms. The van der Waals surface area contributed by atoms with Crippen molar-refractivity contribution in [3.05, 3.63) is 52.6 Å². The van der Waals surface area contributed by atoms with Gasteiger partial charge in [-0.15, -0.1) is 0 Å². The number of hydrogen-bond acceptors (Lipinski definition) is 4. The summed E-state index contributed by atoms with van der Waals surface area (Å²) in [5.41, 5.74) is 2.15. The molecule has 3 aromatic rings. The molecule has 0 amide bonds. The Bertz CT molecular complexity index is 932. The van der Waals surface area contributed by atoms with E-state index >= 15 is 0 Å². The average Bonchev–Trinajstić information content (AvgIpc) is 3.16. The highest BCUT2D eigenvalue weighted by Gasteiger charge is 2.22. The maximum Gasteiger partial charge on any atom is 0.355 e. The lowest BCUT2D eigenvalue weighted by Crippen LogP contribution is -2.09. The number of carbonyl (C=O) groups is 1. The van der Waals surface area contributed by atoms with Gasteiger partial charge in [0.05, 0.1) is 18.3 Å². The molecule has 5 nitrogen and oxygen atoms in total. The van der Waals surface area contributed by atoms with Crippen LogP contribution >= 0.6 is 15.9 Å². The van der Waals surface area contributed by atoms with E-state index in [1.165, 1.54) is 7.11 Å². The number of fused-ring (bicyclic) bond motifs is 2. The van der Waals surface area contributed by atoms with Gasteiger partial charge in [-0.25, -0.2) is 4.79 Å². The van der Waals surface area contributed by atoms with Crippen LogP contribution in [0, 0.1) is 0 Å². The Morgan fingerprint density at radius 2 is 1.91 bits per heavy atom. The zero-order chi connectivity index (χ0) is 16.0. The molecular weight excluding hydrogens is 362 g/mol. The van der Waals surface area contributed by atoms with Crippen molar-refractivity contribution in [2.45, 2.75) is 0 Å². The number of halogens is 1. The molecule has 0 saturated carbocycles. The number of rotatable bonds is 2. The van der Waals surface area contributed by atoms with Gasteiger partial charge in [0, 0.05) is 22.0 Å². The van der Waals surface area contributed by atoms with Gasteiger partial charge < -0.3 is 18.8 Å². The van der Waals surface area contributed by atoms with Crippen LogP contribution in [0.5, 0.6) is 11.5 Å². The highest BCUT2D eigenvalue weighted by atomic mass is 79.9. The second-order valence-electron chi connectivity index (χ2n) is 5.07. The first-order chi connectivity index (χ1) is 11.2. The van der Waals surface area contributed by atoms with Crippen molar-refractivity contribution >= 4 is 32.8 Å². The minimum absolute atomic E-state index is 0.196. The standard InChI is InChI=1S/C17H12BrNO4/c1-21-17(20)14-6-10-4-2-3-5-12(10)19(14)13-8-16-15(7-11(13)18)22-9-23-16/h2-8H,9H2,1H3. The topological polar surface area (TPSA) is 49.7 Å². The van der Waals surface area contributed by atoms with Crippen LogP contribution in [0.3, 0.4) is 0 Å². The molecular formula is C17H12BrNO4. The molecule has 2 aromatic carbocycles. The zero-order valence-corrected chi connectivity index (χ0v) is 13.8. The maximum absolute atomic E-state index is 12.2. The number of ether oxygens (including phenoxy) is 3. The van der Waals surface area contributed by atoms with Gasteiger partial charge in [0.2, 0.25) is 6.79 Å². The number of aromatic nitrogens is 1. The number of esters is 1. The van der Waals surface area contributed by atoms with Crippen molar-refractivity contribution in [1.82, 2.24) is 4.57 Å². The van der Waals surface area contributed by atoms with Gasteiger partial charge in [-0.1, -0.05) is 18.2 Å². The molecule has 2 heterocycles. The average molecular weight is 374 g/mol. The van der Waals surface area contributed by atoms with Crippen molar-refractivity contribution in [3.8, 4) is 17.2 Å². The van der Waals surface area contributed by atoms with Crippen LogP contribution in [0.2, 0.25) is 0 Å². The van der Waals surface area contributed by atoms with E-state index in [1.807, 2.05) is 47.0 Å². The molecule has 0 N–H and O–H groups in total. The molecule has 0 unspecified atom stereocenters. The predicted molar refractivity (Wildman–Crippen MR) is 88.4 cm³/mol. The van der Waals surface area contributed by atoms with Crippen LogP contribution in [0.25, 0.3) is 16.6 Å². The van der Waals surface area contributed by atoms with Gasteiger partial charge in [-0.05, 0) is 28.1 Å². The van der Waals surface area contributed by atoms with E-state index in [0.717, 1.165) is 21.1 Å². The lowest BCUT2D eigenvalue weighted by Gasteiger charge is -2.12. The maximum atomic E-state index is 12.2. The molecule has 0 bridgehead atoms. The van der Waals surface area contributed by atoms with Crippen LogP contribution in [0.4, 0.5) is 0 Å². The molecule has 1 aromatic heterocycles. The Kier molecular flexibility index (Phi) is 3.27. The monoisotopic (exact) mass is 373 g/mol. The Morgan fingerprint density at radius 1 is 1.17 bits per heavy atom. The van der Waals surface area contributed by atoms with E-state index in [4.69, 9.17) is 14.2 Å². The fraction of sp³-hybridized carbons (Fsp3) is 0.118. The summed E-state index contributed by atoms with van der Waals surface area (Å²) in [6.45, 7) is 0.196. The number of benzene rings is 2. The third-order valence-electron chi connectivity index (χ3n) is 3.79. The summed E-state index contributed by atoms with van der Waals surface area (Å²) in [6.07, 6.45) is 0. The fourth-order valence-corrected chi connectivity index (χ4v) is 3.25. The third-order valence-corrected chi connectivity index (χ3v) is 4.42. The van der Waals surface area contributed by atoms with Gasteiger partial charge >= 0.3 is 5.97 Å². The Labute approximate surface area is 140 Å². The molecule has 0 saturated heterocycles. The van der Waals surface area contributed by atoms with Gasteiger partial charge in [0.1, 0.15) is 5.69 Å².